The third kappa shape index (κ3) is 3.98. The van der Waals surface area contributed by atoms with Gasteiger partial charge in [-0.3, -0.25) is 9.59 Å². The number of amides is 2. The van der Waals surface area contributed by atoms with Gasteiger partial charge in [-0.05, 0) is 18.8 Å². The van der Waals surface area contributed by atoms with Crippen LogP contribution in [0.1, 0.15) is 26.7 Å². The van der Waals surface area contributed by atoms with Crippen molar-refractivity contribution in [3.05, 3.63) is 0 Å². The largest absolute Gasteiger partial charge is 0.341 e. The molecule has 5 heteroatoms. The number of carbonyl (C=O) groups excluding carboxylic acids is 2. The first-order chi connectivity index (χ1) is 7.93. The van der Waals surface area contributed by atoms with Crippen molar-refractivity contribution in [2.24, 2.45) is 5.92 Å². The summed E-state index contributed by atoms with van der Waals surface area (Å²) in [6.45, 7) is 5.82. The normalized spacial score (nSPS) is 17.4. The van der Waals surface area contributed by atoms with E-state index in [-0.39, 0.29) is 29.1 Å². The fraction of sp³-hybridized carbons (Fsp3) is 0.833. The summed E-state index contributed by atoms with van der Waals surface area (Å²) in [6, 6.07) is 0. The van der Waals surface area contributed by atoms with Crippen molar-refractivity contribution in [2.45, 2.75) is 31.5 Å². The Bertz CT molecular complexity index is 288. The molecule has 98 valence electrons. The van der Waals surface area contributed by atoms with Crippen molar-refractivity contribution in [2.75, 3.05) is 26.7 Å². The lowest BCUT2D eigenvalue weighted by Crippen LogP contribution is -2.43. The Morgan fingerprint density at radius 3 is 2.29 bits per heavy atom. The quantitative estimate of drug-likeness (QED) is 0.738. The summed E-state index contributed by atoms with van der Waals surface area (Å²) in [5.74, 6) is 0.265. The van der Waals surface area contributed by atoms with Gasteiger partial charge in [-0.25, -0.2) is 0 Å². The van der Waals surface area contributed by atoms with Gasteiger partial charge in [0.2, 0.25) is 11.8 Å². The Kier molecular flexibility index (Phi) is 5.43. The Hall–Kier alpha value is -0.580. The molecular formula is C12H21BrN2O2. The molecule has 1 aliphatic rings. The molecule has 0 aromatic heterocycles. The summed E-state index contributed by atoms with van der Waals surface area (Å²) in [4.78, 5) is 27.0. The van der Waals surface area contributed by atoms with Gasteiger partial charge < -0.3 is 9.80 Å². The molecule has 0 aromatic carbocycles. The van der Waals surface area contributed by atoms with E-state index in [4.69, 9.17) is 0 Å². The number of halogens is 1. The minimum Gasteiger partial charge on any atom is -0.341 e. The molecule has 0 N–H and O–H groups in total. The fourth-order valence-electron chi connectivity index (χ4n) is 1.84. The van der Waals surface area contributed by atoms with Crippen LogP contribution in [-0.2, 0) is 9.59 Å². The van der Waals surface area contributed by atoms with Gasteiger partial charge >= 0.3 is 0 Å². The molecule has 1 heterocycles. The topological polar surface area (TPSA) is 40.6 Å². The lowest BCUT2D eigenvalue weighted by molar-refractivity contribution is -0.138. The number of hydrogen-bond donors (Lipinski definition) is 0. The second-order valence-electron chi connectivity index (χ2n) is 4.93. The molecule has 1 aliphatic heterocycles. The SMILES string of the molecule is CC(C)C(Br)C(=O)N(C)CC(=O)N1CCCC1. The maximum absolute atomic E-state index is 11.9. The maximum Gasteiger partial charge on any atom is 0.242 e. The summed E-state index contributed by atoms with van der Waals surface area (Å²) in [6.07, 6.45) is 2.16. The molecule has 1 saturated heterocycles. The van der Waals surface area contributed by atoms with Crippen molar-refractivity contribution in [1.29, 1.82) is 0 Å². The molecule has 1 fully saturated rings. The molecular weight excluding hydrogens is 284 g/mol. The van der Waals surface area contributed by atoms with Crippen molar-refractivity contribution >= 4 is 27.7 Å². The van der Waals surface area contributed by atoms with Crippen LogP contribution in [0.15, 0.2) is 0 Å². The smallest absolute Gasteiger partial charge is 0.242 e. The fourth-order valence-corrected chi connectivity index (χ4v) is 2.19. The molecule has 1 unspecified atom stereocenters. The van der Waals surface area contributed by atoms with Crippen LogP contribution in [-0.4, -0.2) is 53.1 Å². The lowest BCUT2D eigenvalue weighted by atomic mass is 10.1. The summed E-state index contributed by atoms with van der Waals surface area (Å²) >= 11 is 3.37. The first kappa shape index (κ1) is 14.5. The van der Waals surface area contributed by atoms with E-state index in [1.807, 2.05) is 18.7 Å². The van der Waals surface area contributed by atoms with E-state index >= 15 is 0 Å². The molecule has 0 aliphatic carbocycles. The zero-order chi connectivity index (χ0) is 13.0. The van der Waals surface area contributed by atoms with Gasteiger partial charge in [-0.1, -0.05) is 29.8 Å². The molecule has 0 aromatic rings. The number of nitrogens with zero attached hydrogens (tertiary/aromatic N) is 2. The van der Waals surface area contributed by atoms with E-state index in [0.29, 0.717) is 0 Å². The summed E-state index contributed by atoms with van der Waals surface area (Å²) < 4.78 is 0. The van der Waals surface area contributed by atoms with Crippen LogP contribution in [0.2, 0.25) is 0 Å². The van der Waals surface area contributed by atoms with E-state index in [1.165, 1.54) is 4.90 Å². The summed E-state index contributed by atoms with van der Waals surface area (Å²) in [5.41, 5.74) is 0. The van der Waals surface area contributed by atoms with Crippen LogP contribution in [0.25, 0.3) is 0 Å². The summed E-state index contributed by atoms with van der Waals surface area (Å²) in [7, 11) is 1.69. The lowest BCUT2D eigenvalue weighted by Gasteiger charge is -2.24. The van der Waals surface area contributed by atoms with Gasteiger partial charge in [0.15, 0.2) is 0 Å². The van der Waals surface area contributed by atoms with E-state index in [0.717, 1.165) is 25.9 Å². The first-order valence-corrected chi connectivity index (χ1v) is 7.02. The summed E-state index contributed by atoms with van der Waals surface area (Å²) in [5, 5.41) is 0. The Labute approximate surface area is 111 Å². The van der Waals surface area contributed by atoms with Gasteiger partial charge in [0.1, 0.15) is 0 Å². The molecule has 1 atom stereocenters. The number of likely N-dealkylation sites (tertiary alicyclic amines) is 1. The van der Waals surface area contributed by atoms with E-state index in [9.17, 15) is 9.59 Å². The van der Waals surface area contributed by atoms with Gasteiger partial charge in [-0.15, -0.1) is 0 Å². The molecule has 2 amide bonds. The Morgan fingerprint density at radius 2 is 1.82 bits per heavy atom. The predicted octanol–water partition coefficient (Wildman–Crippen LogP) is 1.49. The number of carbonyl (C=O) groups is 2. The van der Waals surface area contributed by atoms with E-state index < -0.39 is 0 Å². The third-order valence-electron chi connectivity index (χ3n) is 3.03. The van der Waals surface area contributed by atoms with Crippen molar-refractivity contribution < 1.29 is 9.59 Å². The molecule has 4 nitrogen and oxygen atoms in total. The van der Waals surface area contributed by atoms with Crippen LogP contribution in [0.5, 0.6) is 0 Å². The van der Waals surface area contributed by atoms with Crippen LogP contribution in [0.3, 0.4) is 0 Å². The minimum atomic E-state index is -0.209. The van der Waals surface area contributed by atoms with Crippen LogP contribution in [0, 0.1) is 5.92 Å². The van der Waals surface area contributed by atoms with Gasteiger partial charge in [0.05, 0.1) is 11.4 Å². The average Bonchev–Trinajstić information content (AvgIpc) is 2.80. The highest BCUT2D eigenvalue weighted by Gasteiger charge is 2.25. The maximum atomic E-state index is 11.9. The molecule has 0 spiro atoms. The van der Waals surface area contributed by atoms with Gasteiger partial charge in [-0.2, -0.15) is 0 Å². The Morgan fingerprint density at radius 1 is 1.29 bits per heavy atom. The number of hydrogen-bond acceptors (Lipinski definition) is 2. The van der Waals surface area contributed by atoms with E-state index in [2.05, 4.69) is 15.9 Å². The minimum absolute atomic E-state index is 0.0208. The van der Waals surface area contributed by atoms with E-state index in [1.54, 1.807) is 7.05 Å². The second kappa shape index (κ2) is 6.38. The van der Waals surface area contributed by atoms with Crippen molar-refractivity contribution in [3.8, 4) is 0 Å². The zero-order valence-electron chi connectivity index (χ0n) is 10.8. The van der Waals surface area contributed by atoms with Crippen LogP contribution < -0.4 is 0 Å². The number of likely N-dealkylation sites (N-methyl/N-ethyl adjacent to an activating group) is 1. The monoisotopic (exact) mass is 304 g/mol. The average molecular weight is 305 g/mol. The van der Waals surface area contributed by atoms with Crippen LogP contribution in [0.4, 0.5) is 0 Å². The molecule has 1 rings (SSSR count). The first-order valence-electron chi connectivity index (χ1n) is 6.10. The molecule has 0 bridgehead atoms. The predicted molar refractivity (Wildman–Crippen MR) is 71.0 cm³/mol. The highest BCUT2D eigenvalue weighted by atomic mass is 79.9. The van der Waals surface area contributed by atoms with Gasteiger partial charge in [0.25, 0.3) is 0 Å². The Balaban J connectivity index is 2.45. The van der Waals surface area contributed by atoms with Crippen molar-refractivity contribution in [3.63, 3.8) is 0 Å². The third-order valence-corrected chi connectivity index (χ3v) is 4.48. The molecule has 0 saturated carbocycles. The van der Waals surface area contributed by atoms with Gasteiger partial charge in [0, 0.05) is 20.1 Å². The molecule has 0 radical (unpaired) electrons. The number of alkyl halides is 1. The van der Waals surface area contributed by atoms with Crippen molar-refractivity contribution in [1.82, 2.24) is 9.80 Å². The highest BCUT2D eigenvalue weighted by molar-refractivity contribution is 9.10. The standard InChI is InChI=1S/C12H21BrN2O2/c1-9(2)11(13)12(17)14(3)8-10(16)15-6-4-5-7-15/h9,11H,4-8H2,1-3H3. The highest BCUT2D eigenvalue weighted by Crippen LogP contribution is 2.15. The number of rotatable bonds is 4. The second-order valence-corrected chi connectivity index (χ2v) is 5.91. The van der Waals surface area contributed by atoms with Crippen LogP contribution >= 0.6 is 15.9 Å². The zero-order valence-corrected chi connectivity index (χ0v) is 12.4. The molecule has 17 heavy (non-hydrogen) atoms.